The number of piperazine rings is 1. The van der Waals surface area contributed by atoms with Crippen LogP contribution < -0.4 is 11.3 Å². The second-order valence-corrected chi connectivity index (χ2v) is 4.98. The standard InChI is InChI=1S/C13H29N5/c1-4-6-7-15-13(16-14)18-10-8-17(9-11-18)12(3)5-2/h12H,4-11,14H2,1-3H3,(H,15,16). The molecule has 0 aliphatic carbocycles. The maximum absolute atomic E-state index is 5.57. The van der Waals surface area contributed by atoms with Gasteiger partial charge in [-0.15, -0.1) is 0 Å². The Labute approximate surface area is 111 Å². The fraction of sp³-hybridized carbons (Fsp3) is 0.923. The maximum atomic E-state index is 5.57. The van der Waals surface area contributed by atoms with Crippen molar-refractivity contribution in [3.63, 3.8) is 0 Å². The molecule has 0 saturated carbocycles. The summed E-state index contributed by atoms with van der Waals surface area (Å²) in [4.78, 5) is 9.33. The first-order chi connectivity index (χ1) is 8.72. The topological polar surface area (TPSA) is 56.9 Å². The highest BCUT2D eigenvalue weighted by atomic mass is 15.4. The molecule has 3 N–H and O–H groups in total. The molecular formula is C13H29N5. The molecule has 0 aromatic rings. The van der Waals surface area contributed by atoms with Crippen molar-refractivity contribution in [2.45, 2.75) is 46.1 Å². The molecule has 0 amide bonds. The maximum Gasteiger partial charge on any atom is 0.208 e. The van der Waals surface area contributed by atoms with Gasteiger partial charge in [0.25, 0.3) is 0 Å². The lowest BCUT2D eigenvalue weighted by atomic mass is 10.2. The van der Waals surface area contributed by atoms with Crippen molar-refractivity contribution < 1.29 is 0 Å². The third-order valence-electron chi connectivity index (χ3n) is 3.73. The summed E-state index contributed by atoms with van der Waals surface area (Å²) in [6.07, 6.45) is 3.51. The molecule has 5 nitrogen and oxygen atoms in total. The number of nitrogens with zero attached hydrogens (tertiary/aromatic N) is 3. The van der Waals surface area contributed by atoms with Crippen LogP contribution in [0.1, 0.15) is 40.0 Å². The molecule has 1 unspecified atom stereocenters. The number of unbranched alkanes of at least 4 members (excludes halogenated alkanes) is 1. The Balaban J connectivity index is 2.42. The highest BCUT2D eigenvalue weighted by molar-refractivity contribution is 5.79. The van der Waals surface area contributed by atoms with Crippen LogP contribution in [0.2, 0.25) is 0 Å². The van der Waals surface area contributed by atoms with E-state index in [0.717, 1.165) is 45.1 Å². The SMILES string of the molecule is CCCCN=C(NN)N1CCN(C(C)CC)CC1. The van der Waals surface area contributed by atoms with E-state index in [1.165, 1.54) is 12.8 Å². The lowest BCUT2D eigenvalue weighted by Gasteiger charge is -2.38. The van der Waals surface area contributed by atoms with Gasteiger partial charge in [-0.2, -0.15) is 0 Å². The number of nitrogens with one attached hydrogen (secondary N) is 1. The van der Waals surface area contributed by atoms with E-state index in [2.05, 4.69) is 41.0 Å². The van der Waals surface area contributed by atoms with Crippen molar-refractivity contribution in [3.05, 3.63) is 0 Å². The summed E-state index contributed by atoms with van der Waals surface area (Å²) >= 11 is 0. The lowest BCUT2D eigenvalue weighted by Crippen LogP contribution is -2.55. The second kappa shape index (κ2) is 8.32. The van der Waals surface area contributed by atoms with Gasteiger partial charge in [0.15, 0.2) is 0 Å². The highest BCUT2D eigenvalue weighted by Crippen LogP contribution is 2.08. The first kappa shape index (κ1) is 15.2. The fourth-order valence-corrected chi connectivity index (χ4v) is 2.21. The zero-order chi connectivity index (χ0) is 13.4. The van der Waals surface area contributed by atoms with E-state index in [4.69, 9.17) is 5.84 Å². The van der Waals surface area contributed by atoms with Crippen LogP contribution in [-0.4, -0.2) is 54.5 Å². The van der Waals surface area contributed by atoms with Gasteiger partial charge in [0, 0.05) is 38.8 Å². The first-order valence-corrected chi connectivity index (χ1v) is 7.23. The minimum absolute atomic E-state index is 0.679. The minimum Gasteiger partial charge on any atom is -0.339 e. The van der Waals surface area contributed by atoms with Gasteiger partial charge in [0.05, 0.1) is 0 Å². The van der Waals surface area contributed by atoms with Gasteiger partial charge in [-0.05, 0) is 19.8 Å². The molecule has 18 heavy (non-hydrogen) atoms. The monoisotopic (exact) mass is 255 g/mol. The largest absolute Gasteiger partial charge is 0.339 e. The van der Waals surface area contributed by atoms with Crippen LogP contribution in [0.3, 0.4) is 0 Å². The molecule has 5 heteroatoms. The minimum atomic E-state index is 0.679. The summed E-state index contributed by atoms with van der Waals surface area (Å²) in [6.45, 7) is 11.8. The summed E-state index contributed by atoms with van der Waals surface area (Å²) in [5.74, 6) is 6.42. The predicted octanol–water partition coefficient (Wildman–Crippen LogP) is 1.02. The van der Waals surface area contributed by atoms with E-state index in [-0.39, 0.29) is 0 Å². The number of nitrogens with two attached hydrogens (primary N) is 1. The van der Waals surface area contributed by atoms with Crippen LogP contribution in [0.5, 0.6) is 0 Å². The van der Waals surface area contributed by atoms with E-state index in [9.17, 15) is 0 Å². The van der Waals surface area contributed by atoms with Crippen LogP contribution in [-0.2, 0) is 0 Å². The van der Waals surface area contributed by atoms with Crippen LogP contribution in [0.15, 0.2) is 4.99 Å². The molecule has 0 aromatic carbocycles. The van der Waals surface area contributed by atoms with Crippen LogP contribution >= 0.6 is 0 Å². The molecule has 1 rings (SSSR count). The number of aliphatic imine (C=N–C) groups is 1. The number of hydrogen-bond donors (Lipinski definition) is 2. The lowest BCUT2D eigenvalue weighted by molar-refractivity contribution is 0.135. The summed E-state index contributed by atoms with van der Waals surface area (Å²) < 4.78 is 0. The summed E-state index contributed by atoms with van der Waals surface area (Å²) in [5, 5.41) is 0. The van der Waals surface area contributed by atoms with Crippen LogP contribution in [0.25, 0.3) is 0 Å². The highest BCUT2D eigenvalue weighted by Gasteiger charge is 2.21. The second-order valence-electron chi connectivity index (χ2n) is 4.98. The van der Waals surface area contributed by atoms with Gasteiger partial charge >= 0.3 is 0 Å². The average molecular weight is 255 g/mol. The Morgan fingerprint density at radius 2 is 1.94 bits per heavy atom. The van der Waals surface area contributed by atoms with Gasteiger partial charge in [-0.1, -0.05) is 20.3 Å². The van der Waals surface area contributed by atoms with Crippen molar-refractivity contribution in [1.29, 1.82) is 0 Å². The van der Waals surface area contributed by atoms with E-state index < -0.39 is 0 Å². The Morgan fingerprint density at radius 1 is 1.28 bits per heavy atom. The average Bonchev–Trinajstić information content (AvgIpc) is 2.43. The van der Waals surface area contributed by atoms with E-state index >= 15 is 0 Å². The van der Waals surface area contributed by atoms with Gasteiger partial charge < -0.3 is 4.90 Å². The van der Waals surface area contributed by atoms with Gasteiger partial charge in [0.2, 0.25) is 5.96 Å². The third kappa shape index (κ3) is 4.46. The zero-order valence-corrected chi connectivity index (χ0v) is 12.2. The Kier molecular flexibility index (Phi) is 7.05. The van der Waals surface area contributed by atoms with E-state index in [1.807, 2.05) is 0 Å². The normalized spacial score (nSPS) is 20.0. The molecular weight excluding hydrogens is 226 g/mol. The molecule has 106 valence electrons. The smallest absolute Gasteiger partial charge is 0.208 e. The van der Waals surface area contributed by atoms with Crippen molar-refractivity contribution in [3.8, 4) is 0 Å². The number of guanidine groups is 1. The van der Waals surface area contributed by atoms with Gasteiger partial charge in [0.1, 0.15) is 0 Å². The summed E-state index contributed by atoms with van der Waals surface area (Å²) in [5.41, 5.74) is 2.75. The molecule has 0 spiro atoms. The van der Waals surface area contributed by atoms with Gasteiger partial charge in [-0.3, -0.25) is 15.3 Å². The molecule has 1 fully saturated rings. The molecule has 1 aliphatic rings. The molecule has 1 heterocycles. The Bertz CT molecular complexity index is 246. The van der Waals surface area contributed by atoms with Crippen molar-refractivity contribution in [1.82, 2.24) is 15.2 Å². The van der Waals surface area contributed by atoms with Gasteiger partial charge in [-0.25, -0.2) is 5.84 Å². The zero-order valence-electron chi connectivity index (χ0n) is 12.2. The van der Waals surface area contributed by atoms with Crippen molar-refractivity contribution in [2.24, 2.45) is 10.8 Å². The summed E-state index contributed by atoms with van der Waals surface area (Å²) in [6, 6.07) is 0.679. The van der Waals surface area contributed by atoms with E-state index in [1.54, 1.807) is 0 Å². The number of hydrogen-bond acceptors (Lipinski definition) is 3. The number of rotatable bonds is 5. The Morgan fingerprint density at radius 3 is 2.44 bits per heavy atom. The molecule has 0 bridgehead atoms. The summed E-state index contributed by atoms with van der Waals surface area (Å²) in [7, 11) is 0. The molecule has 0 radical (unpaired) electrons. The quantitative estimate of drug-likeness (QED) is 0.253. The fourth-order valence-electron chi connectivity index (χ4n) is 2.21. The van der Waals surface area contributed by atoms with Crippen molar-refractivity contribution >= 4 is 5.96 Å². The molecule has 1 atom stereocenters. The molecule has 1 aliphatic heterocycles. The first-order valence-electron chi connectivity index (χ1n) is 7.23. The van der Waals surface area contributed by atoms with Crippen LogP contribution in [0.4, 0.5) is 0 Å². The molecule has 1 saturated heterocycles. The molecule has 0 aromatic heterocycles. The Hall–Kier alpha value is -0.810. The van der Waals surface area contributed by atoms with E-state index in [0.29, 0.717) is 6.04 Å². The van der Waals surface area contributed by atoms with Crippen LogP contribution in [0, 0.1) is 0 Å². The van der Waals surface area contributed by atoms with Crippen molar-refractivity contribution in [2.75, 3.05) is 32.7 Å². The third-order valence-corrected chi connectivity index (χ3v) is 3.73. The predicted molar refractivity (Wildman–Crippen MR) is 77.4 cm³/mol. The number of hydrazine groups is 1.